The predicted octanol–water partition coefficient (Wildman–Crippen LogP) is 10.7. The van der Waals surface area contributed by atoms with Gasteiger partial charge in [-0.1, -0.05) is 104 Å². The molecular formula is C39H64N4. The van der Waals surface area contributed by atoms with Crippen molar-refractivity contribution >= 4 is 5.57 Å². The Labute approximate surface area is 266 Å². The van der Waals surface area contributed by atoms with E-state index in [0.29, 0.717) is 5.41 Å². The summed E-state index contributed by atoms with van der Waals surface area (Å²) in [4.78, 5) is 4.29. The second-order valence-electron chi connectivity index (χ2n) is 11.5. The molecule has 3 N–H and O–H groups in total. The molecule has 0 aliphatic heterocycles. The fourth-order valence-electron chi connectivity index (χ4n) is 3.94. The van der Waals surface area contributed by atoms with Crippen molar-refractivity contribution in [2.75, 3.05) is 14.1 Å². The van der Waals surface area contributed by atoms with Crippen molar-refractivity contribution < 1.29 is 0 Å². The molecule has 0 amide bonds. The SMILES string of the molecule is C=C(NC)/C(C)=C\C=C(/C)c1ccc(C)nc1.C=C/C=C(/NC(=C)C)C(/C=C\NC)=C(CC)CC.CCCC(C)(C)CC. The van der Waals surface area contributed by atoms with Crippen LogP contribution < -0.4 is 16.0 Å². The maximum atomic E-state index is 4.29. The van der Waals surface area contributed by atoms with Gasteiger partial charge in [-0.2, -0.15) is 0 Å². The molecule has 0 aliphatic carbocycles. The Balaban J connectivity index is 0. The fourth-order valence-corrected chi connectivity index (χ4v) is 3.94. The van der Waals surface area contributed by atoms with Crippen LogP contribution in [0.2, 0.25) is 0 Å². The first-order chi connectivity index (χ1) is 20.3. The number of nitrogens with zero attached hydrogens (tertiary/aromatic N) is 1. The Morgan fingerprint density at radius 2 is 1.58 bits per heavy atom. The number of aromatic nitrogens is 1. The molecule has 43 heavy (non-hydrogen) atoms. The molecule has 0 unspecified atom stereocenters. The van der Waals surface area contributed by atoms with Crippen molar-refractivity contribution in [3.05, 3.63) is 120 Å². The van der Waals surface area contributed by atoms with Crippen LogP contribution >= 0.6 is 0 Å². The first-order valence-electron chi connectivity index (χ1n) is 15.7. The van der Waals surface area contributed by atoms with Crippen LogP contribution in [0.25, 0.3) is 5.57 Å². The van der Waals surface area contributed by atoms with E-state index in [0.717, 1.165) is 46.8 Å². The standard InChI is InChI=1S/C16H26N2.C15H20N2.C8H18/c1-7-10-16(18-13(4)5)15(11-12-17-6)14(8-2)9-3;1-11(14(4)16-5)6-7-12(2)15-9-8-13(3)17-10-15;1-5-7-8(3,4)6-2/h7,10-12,17-18H,1,4,8-9H2,2-3,5-6H3;6-10,16H,4H2,1-3,5H3;5-7H2,1-4H3/b12-11-,16-10+;11-6-,12-7+;. The molecule has 0 saturated carbocycles. The van der Waals surface area contributed by atoms with Gasteiger partial charge in [0.15, 0.2) is 0 Å². The quantitative estimate of drug-likeness (QED) is 0.178. The molecule has 0 aromatic carbocycles. The van der Waals surface area contributed by atoms with Gasteiger partial charge in [0.25, 0.3) is 0 Å². The topological polar surface area (TPSA) is 49.0 Å². The van der Waals surface area contributed by atoms with Gasteiger partial charge in [-0.25, -0.2) is 0 Å². The second kappa shape index (κ2) is 24.0. The molecule has 0 spiro atoms. The summed E-state index contributed by atoms with van der Waals surface area (Å²) in [7, 11) is 3.77. The van der Waals surface area contributed by atoms with Gasteiger partial charge in [0.1, 0.15) is 0 Å². The summed E-state index contributed by atoms with van der Waals surface area (Å²) < 4.78 is 0. The maximum absolute atomic E-state index is 4.29. The molecule has 1 rings (SSSR count). The van der Waals surface area contributed by atoms with Gasteiger partial charge in [0, 0.05) is 43.1 Å². The minimum Gasteiger partial charge on any atom is -0.394 e. The van der Waals surface area contributed by atoms with Gasteiger partial charge in [0.05, 0.1) is 0 Å². The smallest absolute Gasteiger partial charge is 0.0455 e. The molecule has 1 aromatic rings. The third kappa shape index (κ3) is 19.3. The Morgan fingerprint density at radius 3 is 1.98 bits per heavy atom. The lowest BCUT2D eigenvalue weighted by molar-refractivity contribution is 0.319. The number of hydrogen-bond donors (Lipinski definition) is 3. The van der Waals surface area contributed by atoms with Crippen molar-refractivity contribution in [3.63, 3.8) is 0 Å². The Hall–Kier alpha value is -3.53. The minimum absolute atomic E-state index is 0.592. The first-order valence-corrected chi connectivity index (χ1v) is 15.7. The second-order valence-corrected chi connectivity index (χ2v) is 11.5. The van der Waals surface area contributed by atoms with Crippen LogP contribution in [0, 0.1) is 12.3 Å². The number of aryl methyl sites for hydroxylation is 1. The lowest BCUT2D eigenvalue weighted by Gasteiger charge is -2.20. The molecule has 4 heteroatoms. The summed E-state index contributed by atoms with van der Waals surface area (Å²) in [5.41, 5.74) is 10.6. The highest BCUT2D eigenvalue weighted by Gasteiger charge is 2.12. The molecule has 1 aromatic heterocycles. The third-order valence-corrected chi connectivity index (χ3v) is 7.19. The largest absolute Gasteiger partial charge is 0.394 e. The van der Waals surface area contributed by atoms with E-state index in [1.807, 2.05) is 59.4 Å². The molecule has 4 nitrogen and oxygen atoms in total. The van der Waals surface area contributed by atoms with E-state index >= 15 is 0 Å². The van der Waals surface area contributed by atoms with Crippen LogP contribution in [0.15, 0.2) is 108 Å². The van der Waals surface area contributed by atoms with E-state index < -0.39 is 0 Å². The Morgan fingerprint density at radius 1 is 0.953 bits per heavy atom. The van der Waals surface area contributed by atoms with Crippen molar-refractivity contribution in [2.24, 2.45) is 5.41 Å². The summed E-state index contributed by atoms with van der Waals surface area (Å²) in [6, 6.07) is 4.11. The number of rotatable bonds is 15. The fraction of sp³-hybridized carbons (Fsp3) is 0.462. The number of nitrogens with one attached hydrogen (secondary N) is 3. The molecule has 0 atom stereocenters. The average Bonchev–Trinajstić information content (AvgIpc) is 2.98. The number of likely N-dealkylation sites (N-methyl/N-ethyl adjacent to an activating group) is 1. The van der Waals surface area contributed by atoms with Crippen molar-refractivity contribution in [3.8, 4) is 0 Å². The van der Waals surface area contributed by atoms with Gasteiger partial charge in [-0.05, 0) is 99.1 Å². The zero-order valence-corrected chi connectivity index (χ0v) is 29.8. The molecule has 0 aliphatic rings. The van der Waals surface area contributed by atoms with Gasteiger partial charge >= 0.3 is 0 Å². The Bertz CT molecular complexity index is 1120. The molecule has 0 saturated heterocycles. The Kier molecular flexibility index (Phi) is 23.2. The first kappa shape index (κ1) is 41.6. The van der Waals surface area contributed by atoms with Crippen LogP contribution in [-0.2, 0) is 0 Å². The number of pyridine rings is 1. The van der Waals surface area contributed by atoms with E-state index in [2.05, 4.69) is 113 Å². The lowest BCUT2D eigenvalue weighted by Crippen LogP contribution is -2.13. The monoisotopic (exact) mass is 589 g/mol. The van der Waals surface area contributed by atoms with Crippen molar-refractivity contribution in [2.45, 2.75) is 101 Å². The zero-order chi connectivity index (χ0) is 33.4. The van der Waals surface area contributed by atoms with E-state index in [1.54, 1.807) is 6.08 Å². The summed E-state index contributed by atoms with van der Waals surface area (Å²) in [5, 5.41) is 9.36. The summed E-state index contributed by atoms with van der Waals surface area (Å²) in [6.45, 7) is 33.2. The van der Waals surface area contributed by atoms with E-state index in [1.165, 1.54) is 36.0 Å². The molecule has 240 valence electrons. The zero-order valence-electron chi connectivity index (χ0n) is 29.8. The van der Waals surface area contributed by atoms with Crippen LogP contribution in [0.3, 0.4) is 0 Å². The lowest BCUT2D eigenvalue weighted by atomic mass is 9.86. The third-order valence-electron chi connectivity index (χ3n) is 7.19. The van der Waals surface area contributed by atoms with Gasteiger partial charge in [-0.3, -0.25) is 4.98 Å². The average molecular weight is 589 g/mol. The normalized spacial score (nSPS) is 11.9. The number of allylic oxidation sites excluding steroid dienone is 9. The maximum Gasteiger partial charge on any atom is 0.0455 e. The molecule has 0 bridgehead atoms. The van der Waals surface area contributed by atoms with Crippen molar-refractivity contribution in [1.82, 2.24) is 20.9 Å². The molecule has 0 fully saturated rings. The van der Waals surface area contributed by atoms with Gasteiger partial charge < -0.3 is 16.0 Å². The molecule has 1 heterocycles. The number of hydrogen-bond acceptors (Lipinski definition) is 4. The van der Waals surface area contributed by atoms with E-state index in [-0.39, 0.29) is 0 Å². The highest BCUT2D eigenvalue weighted by Crippen LogP contribution is 2.25. The van der Waals surface area contributed by atoms with E-state index in [9.17, 15) is 0 Å². The van der Waals surface area contributed by atoms with Crippen LogP contribution in [0.1, 0.15) is 106 Å². The summed E-state index contributed by atoms with van der Waals surface area (Å²) in [5.74, 6) is 0. The van der Waals surface area contributed by atoms with E-state index in [4.69, 9.17) is 0 Å². The highest BCUT2D eigenvalue weighted by atomic mass is 14.9. The van der Waals surface area contributed by atoms with Crippen LogP contribution in [0.4, 0.5) is 0 Å². The van der Waals surface area contributed by atoms with Crippen LogP contribution in [0.5, 0.6) is 0 Å². The summed E-state index contributed by atoms with van der Waals surface area (Å²) in [6.07, 6.45) is 19.9. The molecular weight excluding hydrogens is 524 g/mol. The van der Waals surface area contributed by atoms with Crippen LogP contribution in [-0.4, -0.2) is 19.1 Å². The molecule has 0 radical (unpaired) electrons. The van der Waals surface area contributed by atoms with Crippen molar-refractivity contribution in [1.29, 1.82) is 0 Å². The van der Waals surface area contributed by atoms with Gasteiger partial charge in [0.2, 0.25) is 0 Å². The predicted molar refractivity (Wildman–Crippen MR) is 196 cm³/mol. The van der Waals surface area contributed by atoms with Gasteiger partial charge in [-0.15, -0.1) is 0 Å². The highest BCUT2D eigenvalue weighted by molar-refractivity contribution is 5.64. The summed E-state index contributed by atoms with van der Waals surface area (Å²) >= 11 is 0. The minimum atomic E-state index is 0.592.